The van der Waals surface area contributed by atoms with Crippen molar-refractivity contribution >= 4 is 0 Å². The van der Waals surface area contributed by atoms with E-state index in [1.165, 1.54) is 0 Å². The number of hydrogen-bond donors (Lipinski definition) is 1. The van der Waals surface area contributed by atoms with Crippen molar-refractivity contribution in [2.75, 3.05) is 0 Å². The second-order valence-electron chi connectivity index (χ2n) is 3.51. The first-order chi connectivity index (χ1) is 3.52. The van der Waals surface area contributed by atoms with E-state index in [0.717, 1.165) is 5.70 Å². The van der Waals surface area contributed by atoms with Crippen LogP contribution in [0.15, 0.2) is 11.8 Å². The predicted molar refractivity (Wildman–Crippen MR) is 35.2 cm³/mol. The van der Waals surface area contributed by atoms with Gasteiger partial charge in [0.15, 0.2) is 0 Å². The van der Waals surface area contributed by atoms with Gasteiger partial charge in [0.1, 0.15) is 0 Å². The molecule has 1 aliphatic carbocycles. The molecule has 0 aliphatic heterocycles. The molecule has 46 valence electrons. The Morgan fingerprint density at radius 2 is 1.88 bits per heavy atom. The lowest BCUT2D eigenvalue weighted by molar-refractivity contribution is 0.367. The molecule has 0 saturated heterocycles. The van der Waals surface area contributed by atoms with Crippen LogP contribution in [0.4, 0.5) is 0 Å². The average molecular weight is 111 g/mol. The lowest BCUT2D eigenvalue weighted by Gasteiger charge is -2.17. The van der Waals surface area contributed by atoms with Gasteiger partial charge in [-0.15, -0.1) is 0 Å². The topological polar surface area (TPSA) is 26.0 Å². The summed E-state index contributed by atoms with van der Waals surface area (Å²) in [5, 5.41) is 0. The Balaban J connectivity index is 2.43. The van der Waals surface area contributed by atoms with Gasteiger partial charge in [-0.05, 0) is 5.41 Å². The zero-order chi connectivity index (χ0) is 6.36. The van der Waals surface area contributed by atoms with Crippen LogP contribution in [0.5, 0.6) is 0 Å². The van der Waals surface area contributed by atoms with E-state index < -0.39 is 0 Å². The van der Waals surface area contributed by atoms with Crippen molar-refractivity contribution in [1.29, 1.82) is 0 Å². The molecular formula is C7H13N. The molecule has 0 amide bonds. The highest BCUT2D eigenvalue weighted by Crippen LogP contribution is 2.40. The summed E-state index contributed by atoms with van der Waals surface area (Å²) < 4.78 is 0. The van der Waals surface area contributed by atoms with Crippen LogP contribution < -0.4 is 5.73 Å². The maximum Gasteiger partial charge on any atom is 0.0230 e. The third kappa shape index (κ3) is 0.857. The summed E-state index contributed by atoms with van der Waals surface area (Å²) in [7, 11) is 0. The minimum Gasteiger partial charge on any atom is -0.402 e. The monoisotopic (exact) mass is 111 g/mol. The Morgan fingerprint density at radius 1 is 1.50 bits per heavy atom. The molecule has 1 unspecified atom stereocenters. The Morgan fingerprint density at radius 3 is 1.88 bits per heavy atom. The molecule has 0 spiro atoms. The van der Waals surface area contributed by atoms with Gasteiger partial charge in [-0.1, -0.05) is 26.8 Å². The second kappa shape index (κ2) is 1.28. The fourth-order valence-electron chi connectivity index (χ4n) is 0.894. The van der Waals surface area contributed by atoms with E-state index in [2.05, 4.69) is 26.8 Å². The van der Waals surface area contributed by atoms with Crippen molar-refractivity contribution in [3.8, 4) is 0 Å². The molecule has 0 aromatic rings. The molecule has 1 nitrogen and oxygen atoms in total. The van der Waals surface area contributed by atoms with E-state index in [0.29, 0.717) is 11.3 Å². The molecule has 8 heavy (non-hydrogen) atoms. The van der Waals surface area contributed by atoms with Crippen molar-refractivity contribution < 1.29 is 0 Å². The van der Waals surface area contributed by atoms with E-state index in [1.54, 1.807) is 0 Å². The standard InChI is InChI=1S/C7H13N/c1-7(2,3)5-4-6(5)8/h4-5H,8H2,1-3H3. The van der Waals surface area contributed by atoms with Crippen LogP contribution in [0, 0.1) is 11.3 Å². The predicted octanol–water partition coefficient (Wildman–Crippen LogP) is 1.50. The first kappa shape index (κ1) is 5.67. The van der Waals surface area contributed by atoms with E-state index >= 15 is 0 Å². The van der Waals surface area contributed by atoms with Gasteiger partial charge in [0, 0.05) is 11.6 Å². The number of allylic oxidation sites excluding steroid dienone is 2. The van der Waals surface area contributed by atoms with E-state index in [9.17, 15) is 0 Å². The summed E-state index contributed by atoms with van der Waals surface area (Å²) >= 11 is 0. The van der Waals surface area contributed by atoms with E-state index in [4.69, 9.17) is 5.73 Å². The largest absolute Gasteiger partial charge is 0.402 e. The molecule has 1 heteroatoms. The Hall–Kier alpha value is -0.460. The van der Waals surface area contributed by atoms with Gasteiger partial charge in [-0.25, -0.2) is 0 Å². The van der Waals surface area contributed by atoms with Gasteiger partial charge in [0.05, 0.1) is 0 Å². The molecule has 0 saturated carbocycles. The molecule has 0 aromatic carbocycles. The lowest BCUT2D eigenvalue weighted by atomic mass is 9.88. The maximum absolute atomic E-state index is 5.51. The molecule has 1 atom stereocenters. The molecule has 0 fully saturated rings. The summed E-state index contributed by atoms with van der Waals surface area (Å²) in [6, 6.07) is 0. The minimum atomic E-state index is 0.365. The van der Waals surface area contributed by atoms with Gasteiger partial charge in [0.2, 0.25) is 0 Å². The molecule has 0 radical (unpaired) electrons. The minimum absolute atomic E-state index is 0.365. The quantitative estimate of drug-likeness (QED) is 0.503. The molecule has 2 N–H and O–H groups in total. The first-order valence-electron chi connectivity index (χ1n) is 2.99. The number of rotatable bonds is 0. The summed E-state index contributed by atoms with van der Waals surface area (Å²) in [5.41, 5.74) is 6.95. The Labute approximate surface area is 50.6 Å². The lowest BCUT2D eigenvalue weighted by Crippen LogP contribution is -2.12. The second-order valence-corrected chi connectivity index (χ2v) is 3.51. The van der Waals surface area contributed by atoms with Crippen LogP contribution >= 0.6 is 0 Å². The molecule has 0 bridgehead atoms. The fourth-order valence-corrected chi connectivity index (χ4v) is 0.894. The maximum atomic E-state index is 5.51. The zero-order valence-corrected chi connectivity index (χ0v) is 5.73. The van der Waals surface area contributed by atoms with Gasteiger partial charge in [-0.3, -0.25) is 0 Å². The zero-order valence-electron chi connectivity index (χ0n) is 5.73. The van der Waals surface area contributed by atoms with Crippen LogP contribution in [0.1, 0.15) is 20.8 Å². The molecule has 0 aromatic heterocycles. The molecular weight excluding hydrogens is 98.1 g/mol. The van der Waals surface area contributed by atoms with Crippen molar-refractivity contribution in [3.05, 3.63) is 11.8 Å². The van der Waals surface area contributed by atoms with E-state index in [1.807, 2.05) is 0 Å². The number of hydrogen-bond acceptors (Lipinski definition) is 1. The highest BCUT2D eigenvalue weighted by atomic mass is 14.7. The summed E-state index contributed by atoms with van der Waals surface area (Å²) in [4.78, 5) is 0. The third-order valence-corrected chi connectivity index (χ3v) is 1.54. The van der Waals surface area contributed by atoms with Crippen LogP contribution in [0.2, 0.25) is 0 Å². The smallest absolute Gasteiger partial charge is 0.0230 e. The Bertz CT molecular complexity index is 128. The van der Waals surface area contributed by atoms with Gasteiger partial charge < -0.3 is 5.73 Å². The first-order valence-corrected chi connectivity index (χ1v) is 2.99. The van der Waals surface area contributed by atoms with Crippen LogP contribution in [0.3, 0.4) is 0 Å². The van der Waals surface area contributed by atoms with Crippen molar-refractivity contribution in [2.24, 2.45) is 17.1 Å². The van der Waals surface area contributed by atoms with E-state index in [-0.39, 0.29) is 0 Å². The Kier molecular flexibility index (Phi) is 0.905. The molecule has 0 heterocycles. The van der Waals surface area contributed by atoms with Crippen molar-refractivity contribution in [1.82, 2.24) is 0 Å². The molecule has 1 rings (SSSR count). The van der Waals surface area contributed by atoms with Crippen LogP contribution in [-0.2, 0) is 0 Å². The fraction of sp³-hybridized carbons (Fsp3) is 0.714. The van der Waals surface area contributed by atoms with Crippen LogP contribution in [0.25, 0.3) is 0 Å². The highest BCUT2D eigenvalue weighted by Gasteiger charge is 2.33. The third-order valence-electron chi connectivity index (χ3n) is 1.54. The summed E-state index contributed by atoms with van der Waals surface area (Å²) in [6.45, 7) is 6.61. The van der Waals surface area contributed by atoms with Gasteiger partial charge in [0.25, 0.3) is 0 Å². The van der Waals surface area contributed by atoms with Crippen molar-refractivity contribution in [3.63, 3.8) is 0 Å². The summed E-state index contributed by atoms with van der Waals surface area (Å²) in [6.07, 6.45) is 2.11. The van der Waals surface area contributed by atoms with Crippen LogP contribution in [-0.4, -0.2) is 0 Å². The summed E-state index contributed by atoms with van der Waals surface area (Å²) in [5.74, 6) is 0.586. The highest BCUT2D eigenvalue weighted by molar-refractivity contribution is 5.28. The average Bonchev–Trinajstić information content (AvgIpc) is 2.13. The number of nitrogens with two attached hydrogens (primary N) is 1. The molecule has 1 aliphatic rings. The SMILES string of the molecule is CC(C)(C)C1C=C1N. The van der Waals surface area contributed by atoms with Crippen molar-refractivity contribution in [2.45, 2.75) is 20.8 Å². The van der Waals surface area contributed by atoms with Gasteiger partial charge in [-0.2, -0.15) is 0 Å². The normalized spacial score (nSPS) is 27.4. The van der Waals surface area contributed by atoms with Gasteiger partial charge >= 0.3 is 0 Å².